The number of halogens is 1. The molecule has 0 saturated carbocycles. The smallest absolute Gasteiger partial charge is 0.264 e. The molecule has 1 aliphatic heterocycles. The number of fused-ring (bicyclic) bond motifs is 1. The van der Waals surface area contributed by atoms with Gasteiger partial charge < -0.3 is 14.8 Å². The van der Waals surface area contributed by atoms with Gasteiger partial charge in [0.05, 0.1) is 10.6 Å². The van der Waals surface area contributed by atoms with Gasteiger partial charge in [-0.15, -0.1) is 0 Å². The van der Waals surface area contributed by atoms with Gasteiger partial charge in [0, 0.05) is 18.4 Å². The number of amides is 1. The second kappa shape index (κ2) is 12.3. The molecule has 0 bridgehead atoms. The van der Waals surface area contributed by atoms with E-state index in [1.807, 2.05) is 6.07 Å². The summed E-state index contributed by atoms with van der Waals surface area (Å²) >= 11 is 1.77. The molecule has 0 fully saturated rings. The zero-order valence-electron chi connectivity index (χ0n) is 20.5. The molecule has 0 unspecified atom stereocenters. The Morgan fingerprint density at radius 2 is 1.81 bits per heavy atom. The maximum Gasteiger partial charge on any atom is 0.264 e. The van der Waals surface area contributed by atoms with Gasteiger partial charge in [-0.1, -0.05) is 35.9 Å². The molecule has 7 nitrogen and oxygen atoms in total. The maximum absolute atomic E-state index is 14.0. The standard InChI is InChI=1S/C27H29FN2O5S2/c1-20-5-2-6-21(15-20)19-36-14-4-11-29-27(31)18-30(23-8-3-7-22(28)16-23)37(32,33)24-9-10-25-26(17-24)35-13-12-34-25/h2-3,5-10,15-17H,4,11-14,18-19H2,1H3,(H,29,31). The van der Waals surface area contributed by atoms with Crippen molar-refractivity contribution in [3.63, 3.8) is 0 Å². The van der Waals surface area contributed by atoms with Gasteiger partial charge in [-0.05, 0) is 55.0 Å². The van der Waals surface area contributed by atoms with Gasteiger partial charge in [0.1, 0.15) is 25.6 Å². The lowest BCUT2D eigenvalue weighted by Crippen LogP contribution is -2.41. The van der Waals surface area contributed by atoms with Gasteiger partial charge in [-0.2, -0.15) is 11.8 Å². The van der Waals surface area contributed by atoms with Gasteiger partial charge in [-0.3, -0.25) is 9.10 Å². The number of nitrogens with one attached hydrogen (secondary N) is 1. The van der Waals surface area contributed by atoms with E-state index in [0.29, 0.717) is 31.3 Å². The molecule has 4 rings (SSSR count). The summed E-state index contributed by atoms with van der Waals surface area (Å²) in [6.07, 6.45) is 0.733. The van der Waals surface area contributed by atoms with Crippen molar-refractivity contribution >= 4 is 33.4 Å². The monoisotopic (exact) mass is 544 g/mol. The van der Waals surface area contributed by atoms with Gasteiger partial charge >= 0.3 is 0 Å². The molecule has 1 aliphatic rings. The van der Waals surface area contributed by atoms with Crippen LogP contribution in [0.3, 0.4) is 0 Å². The molecule has 37 heavy (non-hydrogen) atoms. The molecule has 0 aliphatic carbocycles. The summed E-state index contributed by atoms with van der Waals surface area (Å²) in [7, 11) is -4.21. The topological polar surface area (TPSA) is 84.9 Å². The van der Waals surface area contributed by atoms with E-state index in [1.54, 1.807) is 11.8 Å². The lowest BCUT2D eigenvalue weighted by Gasteiger charge is -2.25. The Hall–Kier alpha value is -3.24. The van der Waals surface area contributed by atoms with Crippen LogP contribution in [0, 0.1) is 12.7 Å². The Bertz CT molecular complexity index is 1350. The van der Waals surface area contributed by atoms with Crippen LogP contribution in [0.5, 0.6) is 11.5 Å². The van der Waals surface area contributed by atoms with Crippen LogP contribution in [0.4, 0.5) is 10.1 Å². The summed E-state index contributed by atoms with van der Waals surface area (Å²) in [6.45, 7) is 2.65. The number of nitrogens with zero attached hydrogens (tertiary/aromatic N) is 1. The Morgan fingerprint density at radius 1 is 1.03 bits per heavy atom. The first-order valence-corrected chi connectivity index (χ1v) is 14.5. The molecule has 3 aromatic carbocycles. The highest BCUT2D eigenvalue weighted by molar-refractivity contribution is 7.98. The SMILES string of the molecule is Cc1cccc(CSCCCNC(=O)CN(c2cccc(F)c2)S(=O)(=O)c2ccc3c(c2)OCCO3)c1. The Kier molecular flexibility index (Phi) is 8.94. The number of ether oxygens (including phenoxy) is 2. The van der Waals surface area contributed by atoms with Crippen LogP contribution < -0.4 is 19.1 Å². The predicted molar refractivity (Wildman–Crippen MR) is 143 cm³/mol. The van der Waals surface area contributed by atoms with Crippen LogP contribution in [0.25, 0.3) is 0 Å². The van der Waals surface area contributed by atoms with Crippen molar-refractivity contribution in [2.45, 2.75) is 24.0 Å². The van der Waals surface area contributed by atoms with E-state index in [4.69, 9.17) is 9.47 Å². The first kappa shape index (κ1) is 26.8. The van der Waals surface area contributed by atoms with Crippen LogP contribution in [0.1, 0.15) is 17.5 Å². The molecule has 1 amide bonds. The molecule has 1 heterocycles. The van der Waals surface area contributed by atoms with E-state index in [-0.39, 0.29) is 10.6 Å². The minimum absolute atomic E-state index is 0.0544. The van der Waals surface area contributed by atoms with Gasteiger partial charge in [0.2, 0.25) is 5.91 Å². The second-order valence-electron chi connectivity index (χ2n) is 8.54. The molecule has 10 heteroatoms. The van der Waals surface area contributed by atoms with Crippen molar-refractivity contribution in [3.05, 3.63) is 83.7 Å². The zero-order chi connectivity index (χ0) is 26.3. The lowest BCUT2D eigenvalue weighted by atomic mass is 10.2. The van der Waals surface area contributed by atoms with Gasteiger partial charge in [-0.25, -0.2) is 12.8 Å². The first-order valence-electron chi connectivity index (χ1n) is 11.9. The molecule has 3 aromatic rings. The van der Waals surface area contributed by atoms with Crippen molar-refractivity contribution in [3.8, 4) is 11.5 Å². The Labute approximate surface area is 221 Å². The van der Waals surface area contributed by atoms with Crippen molar-refractivity contribution in [1.29, 1.82) is 0 Å². The molecule has 0 radical (unpaired) electrons. The van der Waals surface area contributed by atoms with Crippen molar-refractivity contribution in [1.82, 2.24) is 5.32 Å². The van der Waals surface area contributed by atoms with Crippen molar-refractivity contribution < 1.29 is 27.1 Å². The number of sulfonamides is 1. The van der Waals surface area contributed by atoms with Crippen LogP contribution in [-0.2, 0) is 20.6 Å². The van der Waals surface area contributed by atoms with Crippen LogP contribution in [0.15, 0.2) is 71.6 Å². The highest BCUT2D eigenvalue weighted by Gasteiger charge is 2.29. The number of benzene rings is 3. The molecule has 1 N–H and O–H groups in total. The highest BCUT2D eigenvalue weighted by Crippen LogP contribution is 2.34. The average Bonchev–Trinajstić information content (AvgIpc) is 2.89. The Balaban J connectivity index is 1.39. The van der Waals surface area contributed by atoms with Gasteiger partial charge in [0.15, 0.2) is 11.5 Å². The highest BCUT2D eigenvalue weighted by atomic mass is 32.2. The maximum atomic E-state index is 14.0. The largest absolute Gasteiger partial charge is 0.486 e. The number of hydrogen-bond acceptors (Lipinski definition) is 6. The number of carbonyl (C=O) groups excluding carboxylic acids is 1. The third-order valence-electron chi connectivity index (χ3n) is 5.62. The fourth-order valence-electron chi connectivity index (χ4n) is 3.84. The van der Waals surface area contributed by atoms with E-state index < -0.39 is 28.3 Å². The summed E-state index contributed by atoms with van der Waals surface area (Å²) in [5.41, 5.74) is 2.53. The summed E-state index contributed by atoms with van der Waals surface area (Å²) in [5, 5.41) is 2.78. The molecule has 0 spiro atoms. The minimum Gasteiger partial charge on any atom is -0.486 e. The number of anilines is 1. The van der Waals surface area contributed by atoms with Gasteiger partial charge in [0.25, 0.3) is 10.0 Å². The van der Waals surface area contributed by atoms with Crippen LogP contribution in [-0.4, -0.2) is 46.4 Å². The third-order valence-corrected chi connectivity index (χ3v) is 8.51. The number of thioether (sulfide) groups is 1. The molecule has 0 saturated heterocycles. The van der Waals surface area contributed by atoms with E-state index in [9.17, 15) is 17.6 Å². The van der Waals surface area contributed by atoms with E-state index in [1.165, 1.54) is 47.5 Å². The summed E-state index contributed by atoms with van der Waals surface area (Å²) in [6, 6.07) is 17.8. The number of aryl methyl sites for hydroxylation is 1. The fraction of sp³-hybridized carbons (Fsp3) is 0.296. The fourth-order valence-corrected chi connectivity index (χ4v) is 6.17. The van der Waals surface area contributed by atoms with E-state index >= 15 is 0 Å². The molecule has 0 aromatic heterocycles. The lowest BCUT2D eigenvalue weighted by molar-refractivity contribution is -0.119. The first-order chi connectivity index (χ1) is 17.8. The van der Waals surface area contributed by atoms with Crippen LogP contribution >= 0.6 is 11.8 Å². The van der Waals surface area contributed by atoms with E-state index in [0.717, 1.165) is 28.3 Å². The molecular formula is C27H29FN2O5S2. The third kappa shape index (κ3) is 7.17. The summed E-state index contributed by atoms with van der Waals surface area (Å²) in [5.74, 6) is 1.40. The molecule has 196 valence electrons. The van der Waals surface area contributed by atoms with Crippen LogP contribution in [0.2, 0.25) is 0 Å². The Morgan fingerprint density at radius 3 is 2.59 bits per heavy atom. The number of carbonyl (C=O) groups is 1. The molecular weight excluding hydrogens is 515 g/mol. The number of rotatable bonds is 11. The predicted octanol–water partition coefficient (Wildman–Crippen LogP) is 4.54. The zero-order valence-corrected chi connectivity index (χ0v) is 22.1. The molecule has 0 atom stereocenters. The second-order valence-corrected chi connectivity index (χ2v) is 11.5. The minimum atomic E-state index is -4.21. The number of hydrogen-bond donors (Lipinski definition) is 1. The van der Waals surface area contributed by atoms with Crippen molar-refractivity contribution in [2.24, 2.45) is 0 Å². The quantitative estimate of drug-likeness (QED) is 0.357. The van der Waals surface area contributed by atoms with E-state index in [2.05, 4.69) is 30.4 Å². The average molecular weight is 545 g/mol. The summed E-state index contributed by atoms with van der Waals surface area (Å²) < 4.78 is 53.0. The van der Waals surface area contributed by atoms with Crippen molar-refractivity contribution in [2.75, 3.05) is 36.4 Å². The normalized spacial score (nSPS) is 12.7. The summed E-state index contributed by atoms with van der Waals surface area (Å²) in [4.78, 5) is 12.7.